The predicted octanol–water partition coefficient (Wildman–Crippen LogP) is 12.5. The summed E-state index contributed by atoms with van der Waals surface area (Å²) in [6.07, 6.45) is 16.5. The van der Waals surface area contributed by atoms with Crippen molar-refractivity contribution < 1.29 is 4.42 Å². The van der Waals surface area contributed by atoms with Crippen LogP contribution in [0.4, 0.5) is 0 Å². The number of allylic oxidation sites excluding steroid dienone is 4. The number of hydrogen-bond acceptors (Lipinski definition) is 5. The highest BCUT2D eigenvalue weighted by molar-refractivity contribution is 6.13. The molecular formula is C51H44N4O. The van der Waals surface area contributed by atoms with Gasteiger partial charge in [-0.25, -0.2) is 9.98 Å². The van der Waals surface area contributed by atoms with E-state index in [1.807, 2.05) is 6.07 Å². The lowest BCUT2D eigenvalue weighted by Crippen LogP contribution is -2.35. The first kappa shape index (κ1) is 34.3. The van der Waals surface area contributed by atoms with Crippen LogP contribution in [0, 0.1) is 11.3 Å². The number of hydrogen-bond donors (Lipinski definition) is 0. The van der Waals surface area contributed by atoms with Crippen LogP contribution in [0.2, 0.25) is 0 Å². The quantitative estimate of drug-likeness (QED) is 0.166. The zero-order valence-corrected chi connectivity index (χ0v) is 32.3. The molecular weight excluding hydrogens is 685 g/mol. The van der Waals surface area contributed by atoms with Gasteiger partial charge in [-0.2, -0.15) is 5.26 Å². The third-order valence-corrected chi connectivity index (χ3v) is 12.7. The van der Waals surface area contributed by atoms with Gasteiger partial charge in [0.1, 0.15) is 17.2 Å². The second-order valence-corrected chi connectivity index (χ2v) is 16.0. The van der Waals surface area contributed by atoms with Gasteiger partial charge in [-0.1, -0.05) is 104 Å². The summed E-state index contributed by atoms with van der Waals surface area (Å²) < 4.78 is 6.38. The zero-order chi connectivity index (χ0) is 38.0. The van der Waals surface area contributed by atoms with E-state index in [4.69, 9.17) is 14.4 Å². The predicted molar refractivity (Wildman–Crippen MR) is 230 cm³/mol. The minimum Gasteiger partial charge on any atom is -0.460 e. The molecule has 0 N–H and O–H groups in total. The van der Waals surface area contributed by atoms with Crippen LogP contribution in [-0.4, -0.2) is 23.6 Å². The van der Waals surface area contributed by atoms with Crippen molar-refractivity contribution in [3.8, 4) is 17.2 Å². The Bertz CT molecular complexity index is 2790. The molecule has 56 heavy (non-hydrogen) atoms. The maximum atomic E-state index is 9.77. The number of nitriles is 1. The molecule has 0 saturated heterocycles. The van der Waals surface area contributed by atoms with Gasteiger partial charge in [-0.05, 0) is 125 Å². The van der Waals surface area contributed by atoms with Crippen LogP contribution in [0.15, 0.2) is 135 Å². The summed E-state index contributed by atoms with van der Waals surface area (Å²) in [6.45, 7) is 4.36. The van der Waals surface area contributed by atoms with Gasteiger partial charge in [0.25, 0.3) is 0 Å². The average molecular weight is 729 g/mol. The van der Waals surface area contributed by atoms with E-state index in [2.05, 4.69) is 147 Å². The van der Waals surface area contributed by atoms with Crippen LogP contribution < -0.4 is 0 Å². The van der Waals surface area contributed by atoms with Crippen molar-refractivity contribution in [3.63, 3.8) is 0 Å². The molecule has 1 fully saturated rings. The highest BCUT2D eigenvalue weighted by Crippen LogP contribution is 2.56. The molecule has 1 saturated carbocycles. The van der Waals surface area contributed by atoms with E-state index in [0.29, 0.717) is 5.84 Å². The van der Waals surface area contributed by atoms with Crippen molar-refractivity contribution in [1.29, 1.82) is 5.26 Å². The highest BCUT2D eigenvalue weighted by Gasteiger charge is 2.44. The Morgan fingerprint density at radius 3 is 2.46 bits per heavy atom. The summed E-state index contributed by atoms with van der Waals surface area (Å²) in [5.74, 6) is 2.64. The van der Waals surface area contributed by atoms with E-state index in [0.717, 1.165) is 70.5 Å². The van der Waals surface area contributed by atoms with Crippen LogP contribution in [0.3, 0.4) is 0 Å². The molecule has 3 aliphatic carbocycles. The SMILES string of the molecule is C/C(=C\C=C(/C)c1ccc2c(c1)C1(CCCCC1)c1cc(C#N)ccc1-2)C1=NC(c2ccc3c4c(oc3c2)CCC=C4)=NC(c2ccc3ccccc3c2)N1C. The zero-order valence-electron chi connectivity index (χ0n) is 32.3. The molecule has 0 radical (unpaired) electrons. The van der Waals surface area contributed by atoms with Crippen molar-refractivity contribution in [2.24, 2.45) is 9.98 Å². The first-order chi connectivity index (χ1) is 27.4. The second-order valence-electron chi connectivity index (χ2n) is 16.0. The monoisotopic (exact) mass is 728 g/mol. The second kappa shape index (κ2) is 13.5. The van der Waals surface area contributed by atoms with Gasteiger partial charge in [0, 0.05) is 35.4 Å². The summed E-state index contributed by atoms with van der Waals surface area (Å²) in [5.41, 5.74) is 13.8. The van der Waals surface area contributed by atoms with E-state index in [-0.39, 0.29) is 11.6 Å². The number of fused-ring (bicyclic) bond motifs is 9. The molecule has 1 atom stereocenters. The minimum absolute atomic E-state index is 0.0143. The number of nitrogens with zero attached hydrogens (tertiary/aromatic N) is 4. The molecule has 0 amide bonds. The average Bonchev–Trinajstić information content (AvgIpc) is 3.74. The van der Waals surface area contributed by atoms with E-state index in [1.54, 1.807) is 0 Å². The number of aliphatic imine (C=N–C) groups is 2. The van der Waals surface area contributed by atoms with Gasteiger partial charge in [-0.15, -0.1) is 0 Å². The van der Waals surface area contributed by atoms with Crippen LogP contribution in [0.25, 0.3) is 44.5 Å². The van der Waals surface area contributed by atoms with Gasteiger partial charge in [-0.3, -0.25) is 0 Å². The van der Waals surface area contributed by atoms with E-state index in [1.165, 1.54) is 69.0 Å². The molecule has 1 unspecified atom stereocenters. The minimum atomic E-state index is -0.259. The van der Waals surface area contributed by atoms with Crippen molar-refractivity contribution in [3.05, 3.63) is 166 Å². The maximum absolute atomic E-state index is 9.77. The molecule has 5 nitrogen and oxygen atoms in total. The van der Waals surface area contributed by atoms with E-state index >= 15 is 0 Å². The Hall–Kier alpha value is -6.25. The Kier molecular flexibility index (Phi) is 8.26. The number of rotatable bonds is 5. The highest BCUT2D eigenvalue weighted by atomic mass is 16.3. The number of amidine groups is 2. The molecule has 1 spiro atoms. The van der Waals surface area contributed by atoms with Crippen LogP contribution in [-0.2, 0) is 11.8 Å². The molecule has 5 heteroatoms. The smallest absolute Gasteiger partial charge is 0.159 e. The Labute approximate surface area is 328 Å². The first-order valence-electron chi connectivity index (χ1n) is 20.1. The fourth-order valence-electron chi connectivity index (χ4n) is 9.71. The lowest BCUT2D eigenvalue weighted by atomic mass is 9.67. The van der Waals surface area contributed by atoms with E-state index in [9.17, 15) is 5.26 Å². The summed E-state index contributed by atoms with van der Waals surface area (Å²) in [5, 5.41) is 13.3. The van der Waals surface area contributed by atoms with Crippen LogP contribution >= 0.6 is 0 Å². The molecule has 5 aromatic carbocycles. The van der Waals surface area contributed by atoms with Crippen LogP contribution in [0.5, 0.6) is 0 Å². The van der Waals surface area contributed by atoms with Crippen LogP contribution in [0.1, 0.15) is 103 Å². The van der Waals surface area contributed by atoms with Gasteiger partial charge < -0.3 is 9.32 Å². The molecule has 6 aromatic rings. The number of furan rings is 1. The number of benzene rings is 5. The van der Waals surface area contributed by atoms with Gasteiger partial charge >= 0.3 is 0 Å². The largest absolute Gasteiger partial charge is 0.460 e. The molecule has 10 rings (SSSR count). The third-order valence-electron chi connectivity index (χ3n) is 12.7. The molecule has 1 aliphatic heterocycles. The van der Waals surface area contributed by atoms with Gasteiger partial charge in [0.05, 0.1) is 11.6 Å². The maximum Gasteiger partial charge on any atom is 0.159 e. The summed E-state index contributed by atoms with van der Waals surface area (Å²) >= 11 is 0. The van der Waals surface area contributed by atoms with Crippen molar-refractivity contribution in [2.75, 3.05) is 7.05 Å². The fraction of sp³-hybridized carbons (Fsp3) is 0.235. The summed E-state index contributed by atoms with van der Waals surface area (Å²) in [7, 11) is 2.10. The van der Waals surface area contributed by atoms with E-state index < -0.39 is 0 Å². The lowest BCUT2D eigenvalue weighted by Gasteiger charge is -2.36. The fourth-order valence-corrected chi connectivity index (χ4v) is 9.71. The molecule has 4 aliphatic rings. The Morgan fingerprint density at radius 2 is 1.62 bits per heavy atom. The lowest BCUT2D eigenvalue weighted by molar-refractivity contribution is 0.353. The molecule has 2 heterocycles. The summed E-state index contributed by atoms with van der Waals surface area (Å²) in [4.78, 5) is 12.8. The molecule has 274 valence electrons. The number of aryl methyl sites for hydroxylation is 1. The third kappa shape index (κ3) is 5.58. The molecule has 0 bridgehead atoms. The Balaban J connectivity index is 1.02. The molecule has 1 aromatic heterocycles. The van der Waals surface area contributed by atoms with Gasteiger partial charge in [0.2, 0.25) is 0 Å². The summed E-state index contributed by atoms with van der Waals surface area (Å²) in [6, 6.07) is 37.3. The topological polar surface area (TPSA) is 64.9 Å². The normalized spacial score (nSPS) is 18.8. The van der Waals surface area contributed by atoms with Crippen molar-refractivity contribution in [2.45, 2.75) is 70.4 Å². The van der Waals surface area contributed by atoms with Crippen molar-refractivity contribution in [1.82, 2.24) is 4.90 Å². The number of likely N-dealkylation sites (N-methyl/N-ethyl adjacent to an activating group) is 1. The van der Waals surface area contributed by atoms with Crippen molar-refractivity contribution >= 4 is 45.1 Å². The first-order valence-corrected chi connectivity index (χ1v) is 20.1. The Morgan fingerprint density at radius 1 is 0.839 bits per heavy atom. The standard InChI is InChI=1S/C51H44N4O/c1-32(36-20-23-41-40-22-17-34(31-52)27-44(40)51(45(41)29-36)25-9-4-10-26-51)15-16-33(2)49-53-48(38-21-24-43-42-13-7-8-14-46(42)56-47(43)30-38)54-50(55(49)3)39-19-18-35-11-5-6-12-37(35)28-39/h5-7,11-13,15-24,27-30,50H,4,8-10,14,25-26H2,1-3H3/b32-15+,33-16+. The van der Waals surface area contributed by atoms with Gasteiger partial charge in [0.15, 0.2) is 12.0 Å².